The molecule has 372 valence electrons. The quantitative estimate of drug-likeness (QED) is 0.0313. The highest BCUT2D eigenvalue weighted by molar-refractivity contribution is 6.31. The minimum absolute atomic E-state index is 0.00486. The third-order valence-electron chi connectivity index (χ3n) is 10.5. The minimum Gasteiger partial charge on any atom is -0.447 e. The Kier molecular flexibility index (Phi) is 21.1. The highest BCUT2D eigenvalue weighted by atomic mass is 35.5. The molecular weight excluding hydrogens is 957 g/mol. The first-order valence-electron chi connectivity index (χ1n) is 21.6. The van der Waals surface area contributed by atoms with E-state index >= 15 is 0 Å². The number of fused-ring (bicyclic) bond motifs is 2. The molecule has 70 heavy (non-hydrogen) atoms. The molecule has 0 unspecified atom stereocenters. The van der Waals surface area contributed by atoms with Gasteiger partial charge in [0.2, 0.25) is 18.2 Å². The van der Waals surface area contributed by atoms with Crippen LogP contribution in [0.4, 0.5) is 25.2 Å². The molecule has 0 aliphatic heterocycles. The topological polar surface area (TPSA) is 239 Å². The molecule has 0 fully saturated rings. The zero-order chi connectivity index (χ0) is 50.7. The van der Waals surface area contributed by atoms with E-state index < -0.39 is 67.0 Å². The fourth-order valence-corrected chi connectivity index (χ4v) is 7.34. The number of benzene rings is 4. The van der Waals surface area contributed by atoms with Crippen LogP contribution in [0.3, 0.4) is 0 Å². The number of aromatic nitrogens is 2. The predicted molar refractivity (Wildman–Crippen MR) is 257 cm³/mol. The summed E-state index contributed by atoms with van der Waals surface area (Å²) in [6.07, 6.45) is 0.346. The van der Waals surface area contributed by atoms with Crippen molar-refractivity contribution >= 4 is 80.7 Å². The first kappa shape index (κ1) is 54.5. The Hall–Kier alpha value is -6.46. The number of nitrogens with one attached hydrogen (secondary N) is 3. The average molecular weight is 1010 g/mol. The maximum absolute atomic E-state index is 13.8. The molecular formula is C48H52Cl2F2N8O10. The SMILES string of the molecule is CC(=O)N(NCc1cccc(F)c1Cl)[C@@H](COC(=O)Nc1cc2ccccc2cn1)C[C@H](O)CO.CC(=O)N(NCc1cccc(F)c1Cl)[C@@H](CON(C=O)c1cc2ccccc2cn1)C[C@@H](O)CO. The fourth-order valence-electron chi connectivity index (χ4n) is 6.95. The number of pyridine rings is 2. The number of halogens is 4. The van der Waals surface area contributed by atoms with Gasteiger partial charge < -0.3 is 25.2 Å². The molecule has 22 heteroatoms. The van der Waals surface area contributed by atoms with Crippen molar-refractivity contribution < 1.29 is 58.0 Å². The number of aliphatic hydroxyl groups excluding tert-OH is 4. The van der Waals surface area contributed by atoms with E-state index in [-0.39, 0.29) is 60.8 Å². The van der Waals surface area contributed by atoms with Crippen LogP contribution >= 0.6 is 23.2 Å². The van der Waals surface area contributed by atoms with Crippen LogP contribution in [0.1, 0.15) is 37.8 Å². The summed E-state index contributed by atoms with van der Waals surface area (Å²) in [7, 11) is 0. The van der Waals surface area contributed by atoms with Crippen LogP contribution in [-0.2, 0) is 37.0 Å². The summed E-state index contributed by atoms with van der Waals surface area (Å²) in [4.78, 5) is 63.0. The van der Waals surface area contributed by atoms with Gasteiger partial charge in [-0.1, -0.05) is 96.0 Å². The molecule has 4 amide bonds. The lowest BCUT2D eigenvalue weighted by Crippen LogP contribution is -2.52. The Morgan fingerprint density at radius 3 is 1.64 bits per heavy atom. The number of hydrogen-bond donors (Lipinski definition) is 7. The number of hydroxylamine groups is 1. The van der Waals surface area contributed by atoms with Crippen LogP contribution in [0.15, 0.2) is 109 Å². The van der Waals surface area contributed by atoms with Crippen molar-refractivity contribution in [3.63, 3.8) is 0 Å². The summed E-state index contributed by atoms with van der Waals surface area (Å²) in [5, 5.41) is 47.8. The summed E-state index contributed by atoms with van der Waals surface area (Å²) < 4.78 is 32.8. The number of carbonyl (C=O) groups excluding carboxylic acids is 4. The smallest absolute Gasteiger partial charge is 0.412 e. The Balaban J connectivity index is 0.000000261. The van der Waals surface area contributed by atoms with E-state index in [1.165, 1.54) is 43.1 Å². The standard InChI is InChI=1S/2C24H26ClFN4O5/c1-16(33)30(28-12-19-7-4-8-22(26)24(19)25)20(10-21(34)13-31)14-35-29(15-32)23-9-17-5-2-3-6-18(17)11-27-23;1-15(32)30(28-12-18-7-4-8-21(26)23(18)25)19(10-20(33)13-31)14-35-24(34)29-22-9-16-5-2-3-6-17(16)11-27-22/h2-9,11,15,20-21,28,31,34H,10,12-14H2,1H3;2-9,11,19-20,28,31,33H,10,12-14H2,1H3,(H,27,29,34)/t20-,21-;19-,20+/m11/s1. The van der Waals surface area contributed by atoms with Crippen molar-refractivity contribution in [3.05, 3.63) is 142 Å². The molecule has 2 heterocycles. The molecule has 0 aliphatic carbocycles. The Morgan fingerprint density at radius 2 is 1.16 bits per heavy atom. The van der Waals surface area contributed by atoms with Gasteiger partial charge >= 0.3 is 6.09 Å². The molecule has 0 bridgehead atoms. The Bertz CT molecular complexity index is 2710. The van der Waals surface area contributed by atoms with Gasteiger partial charge in [0.25, 0.3) is 0 Å². The molecule has 7 N–H and O–H groups in total. The highest BCUT2D eigenvalue weighted by Crippen LogP contribution is 2.23. The number of hydrazine groups is 2. The Morgan fingerprint density at radius 1 is 0.686 bits per heavy atom. The van der Waals surface area contributed by atoms with Crippen molar-refractivity contribution in [3.8, 4) is 0 Å². The van der Waals surface area contributed by atoms with E-state index in [0.717, 1.165) is 31.6 Å². The maximum Gasteiger partial charge on any atom is 0.412 e. The molecule has 4 aromatic carbocycles. The van der Waals surface area contributed by atoms with Crippen molar-refractivity contribution in [2.24, 2.45) is 0 Å². The first-order chi connectivity index (χ1) is 33.6. The third-order valence-corrected chi connectivity index (χ3v) is 11.3. The fraction of sp³-hybridized carbons (Fsp3) is 0.292. The molecule has 0 saturated carbocycles. The molecule has 0 saturated heterocycles. The van der Waals surface area contributed by atoms with Gasteiger partial charge in [-0.2, -0.15) is 5.06 Å². The van der Waals surface area contributed by atoms with E-state index in [2.05, 4.69) is 26.1 Å². The number of ether oxygens (including phenoxy) is 1. The number of nitrogens with zero attached hydrogens (tertiary/aromatic N) is 5. The van der Waals surface area contributed by atoms with Gasteiger partial charge in [-0.3, -0.25) is 34.6 Å². The molecule has 2 aromatic heterocycles. The van der Waals surface area contributed by atoms with E-state index in [1.54, 1.807) is 36.7 Å². The van der Waals surface area contributed by atoms with Gasteiger partial charge in [0, 0.05) is 56.5 Å². The normalized spacial score (nSPS) is 12.8. The largest absolute Gasteiger partial charge is 0.447 e. The maximum atomic E-state index is 13.8. The van der Waals surface area contributed by atoms with Gasteiger partial charge in [-0.05, 0) is 52.6 Å². The van der Waals surface area contributed by atoms with Crippen LogP contribution in [0.25, 0.3) is 21.5 Å². The van der Waals surface area contributed by atoms with Crippen molar-refractivity contribution in [1.29, 1.82) is 0 Å². The number of amides is 4. The first-order valence-corrected chi connectivity index (χ1v) is 22.4. The highest BCUT2D eigenvalue weighted by Gasteiger charge is 2.28. The van der Waals surface area contributed by atoms with E-state index in [0.29, 0.717) is 17.5 Å². The van der Waals surface area contributed by atoms with Crippen molar-refractivity contribution in [2.45, 2.75) is 64.1 Å². The van der Waals surface area contributed by atoms with Gasteiger partial charge in [-0.15, -0.1) is 0 Å². The minimum atomic E-state index is -1.17. The lowest BCUT2D eigenvalue weighted by Gasteiger charge is -2.33. The van der Waals surface area contributed by atoms with Crippen LogP contribution in [-0.4, -0.2) is 115 Å². The molecule has 6 rings (SSSR count). The summed E-state index contributed by atoms with van der Waals surface area (Å²) in [6, 6.07) is 25.3. The van der Waals surface area contributed by atoms with Gasteiger partial charge in [0.1, 0.15) is 24.1 Å². The van der Waals surface area contributed by atoms with Crippen LogP contribution < -0.4 is 21.2 Å². The monoisotopic (exact) mass is 1010 g/mol. The molecule has 18 nitrogen and oxygen atoms in total. The number of aliphatic hydroxyl groups is 4. The number of anilines is 2. The molecule has 0 spiro atoms. The second-order valence-electron chi connectivity index (χ2n) is 15.6. The van der Waals surface area contributed by atoms with Crippen molar-refractivity contribution in [2.75, 3.05) is 36.8 Å². The summed E-state index contributed by atoms with van der Waals surface area (Å²) in [5.74, 6) is -1.57. The summed E-state index contributed by atoms with van der Waals surface area (Å²) >= 11 is 12.0. The van der Waals surface area contributed by atoms with Crippen LogP contribution in [0, 0.1) is 11.6 Å². The third kappa shape index (κ3) is 15.8. The number of hydrogen-bond acceptors (Lipinski definition) is 14. The predicted octanol–water partition coefficient (Wildman–Crippen LogP) is 5.83. The Labute approximate surface area is 411 Å². The molecule has 4 atom stereocenters. The molecule has 0 aliphatic rings. The molecule has 6 aromatic rings. The number of rotatable bonds is 22. The van der Waals surface area contributed by atoms with Gasteiger partial charge in [-0.25, -0.2) is 34.4 Å². The lowest BCUT2D eigenvalue weighted by atomic mass is 10.1. The zero-order valence-electron chi connectivity index (χ0n) is 37.9. The van der Waals surface area contributed by atoms with Gasteiger partial charge in [0.15, 0.2) is 5.82 Å². The zero-order valence-corrected chi connectivity index (χ0v) is 39.4. The number of carbonyl (C=O) groups is 4. The summed E-state index contributed by atoms with van der Waals surface area (Å²) in [5.41, 5.74) is 6.53. The van der Waals surface area contributed by atoms with E-state index in [4.69, 9.17) is 32.8 Å². The molecule has 0 radical (unpaired) electrons. The lowest BCUT2D eigenvalue weighted by molar-refractivity contribution is -0.139. The van der Waals surface area contributed by atoms with Crippen LogP contribution in [0.2, 0.25) is 10.0 Å². The van der Waals surface area contributed by atoms with Gasteiger partial charge in [0.05, 0.1) is 54.2 Å². The second kappa shape index (κ2) is 27.1. The van der Waals surface area contributed by atoms with E-state index in [9.17, 15) is 48.4 Å². The van der Waals surface area contributed by atoms with Crippen LogP contribution in [0.5, 0.6) is 0 Å². The summed E-state index contributed by atoms with van der Waals surface area (Å²) in [6.45, 7) is 0.944. The van der Waals surface area contributed by atoms with E-state index in [1.807, 2.05) is 48.5 Å². The average Bonchev–Trinajstić information content (AvgIpc) is 3.35. The van der Waals surface area contributed by atoms with Crippen molar-refractivity contribution in [1.82, 2.24) is 30.8 Å². The second-order valence-corrected chi connectivity index (χ2v) is 16.3.